The van der Waals surface area contributed by atoms with Crippen molar-refractivity contribution in [2.24, 2.45) is 0 Å². The van der Waals surface area contributed by atoms with Gasteiger partial charge in [0.05, 0.1) is 4.47 Å². The molecule has 0 unspecified atom stereocenters. The molecule has 0 aliphatic heterocycles. The van der Waals surface area contributed by atoms with Gasteiger partial charge in [0.2, 0.25) is 0 Å². The number of rotatable bonds is 1. The molecule has 0 saturated heterocycles. The third-order valence-electron chi connectivity index (χ3n) is 1.08. The minimum Gasteiger partial charge on any atom is -0.298 e. The molecule has 0 bridgehead atoms. The SMILES string of the molecule is C.O=Cc1ccc(F)c(Br)c1. The Kier molecular flexibility index (Phi) is 3.97. The topological polar surface area (TPSA) is 17.1 Å². The van der Waals surface area contributed by atoms with E-state index in [2.05, 4.69) is 15.9 Å². The average molecular weight is 219 g/mol. The highest BCUT2D eigenvalue weighted by Gasteiger charge is 1.97. The summed E-state index contributed by atoms with van der Waals surface area (Å²) in [7, 11) is 0. The molecule has 0 atom stereocenters. The first-order valence-corrected chi connectivity index (χ1v) is 3.43. The second kappa shape index (κ2) is 4.23. The van der Waals surface area contributed by atoms with Crippen LogP contribution in [0.2, 0.25) is 0 Å². The molecule has 0 spiro atoms. The molecule has 1 aromatic rings. The molecule has 0 aliphatic carbocycles. The molecule has 60 valence electrons. The van der Waals surface area contributed by atoms with Crippen LogP contribution in [0.5, 0.6) is 0 Å². The number of benzene rings is 1. The Hall–Kier alpha value is -0.700. The molecule has 1 rings (SSSR count). The van der Waals surface area contributed by atoms with Gasteiger partial charge in [-0.25, -0.2) is 4.39 Å². The van der Waals surface area contributed by atoms with Crippen molar-refractivity contribution in [3.63, 3.8) is 0 Å². The van der Waals surface area contributed by atoms with Crippen LogP contribution in [0.25, 0.3) is 0 Å². The fourth-order valence-corrected chi connectivity index (χ4v) is 0.982. The molecule has 0 radical (unpaired) electrons. The van der Waals surface area contributed by atoms with Crippen LogP contribution in [-0.2, 0) is 0 Å². The number of carbonyl (C=O) groups is 1. The molecule has 3 heteroatoms. The van der Waals surface area contributed by atoms with Crippen molar-refractivity contribution >= 4 is 22.2 Å². The van der Waals surface area contributed by atoms with Gasteiger partial charge >= 0.3 is 0 Å². The maximum absolute atomic E-state index is 12.5. The first kappa shape index (κ1) is 10.3. The summed E-state index contributed by atoms with van der Waals surface area (Å²) in [5, 5.41) is 0. The number of halogens is 2. The fourth-order valence-electron chi connectivity index (χ4n) is 0.586. The summed E-state index contributed by atoms with van der Waals surface area (Å²) >= 11 is 2.95. The van der Waals surface area contributed by atoms with E-state index in [0.717, 1.165) is 0 Å². The van der Waals surface area contributed by atoms with Crippen molar-refractivity contribution in [3.05, 3.63) is 34.1 Å². The second-order valence-electron chi connectivity index (χ2n) is 1.79. The first-order valence-electron chi connectivity index (χ1n) is 2.64. The molecule has 0 aliphatic rings. The van der Waals surface area contributed by atoms with Crippen LogP contribution in [0.1, 0.15) is 17.8 Å². The molecule has 0 N–H and O–H groups in total. The molecule has 1 nitrogen and oxygen atoms in total. The lowest BCUT2D eigenvalue weighted by Gasteiger charge is -1.92. The second-order valence-corrected chi connectivity index (χ2v) is 2.65. The monoisotopic (exact) mass is 218 g/mol. The zero-order valence-electron chi connectivity index (χ0n) is 4.97. The van der Waals surface area contributed by atoms with Crippen molar-refractivity contribution in [1.82, 2.24) is 0 Å². The average Bonchev–Trinajstić information content (AvgIpc) is 1.95. The lowest BCUT2D eigenvalue weighted by Crippen LogP contribution is -1.81. The van der Waals surface area contributed by atoms with Gasteiger partial charge in [0, 0.05) is 5.56 Å². The van der Waals surface area contributed by atoms with Crippen LogP contribution in [0.4, 0.5) is 4.39 Å². The minimum atomic E-state index is -0.356. The Labute approximate surface area is 73.4 Å². The van der Waals surface area contributed by atoms with Crippen molar-refractivity contribution in [1.29, 1.82) is 0 Å². The van der Waals surface area contributed by atoms with Crippen LogP contribution in [-0.4, -0.2) is 6.29 Å². The maximum Gasteiger partial charge on any atom is 0.150 e. The molecule has 1 aromatic carbocycles. The molecule has 11 heavy (non-hydrogen) atoms. The maximum atomic E-state index is 12.5. The van der Waals surface area contributed by atoms with Crippen LogP contribution in [0, 0.1) is 5.82 Å². The number of aldehydes is 1. The quantitative estimate of drug-likeness (QED) is 0.663. The lowest BCUT2D eigenvalue weighted by molar-refractivity contribution is 0.112. The summed E-state index contributed by atoms with van der Waals surface area (Å²) in [6.45, 7) is 0. The van der Waals surface area contributed by atoms with E-state index in [1.54, 1.807) is 0 Å². The van der Waals surface area contributed by atoms with Crippen molar-refractivity contribution in [3.8, 4) is 0 Å². The van der Waals surface area contributed by atoms with Gasteiger partial charge in [-0.3, -0.25) is 4.79 Å². The van der Waals surface area contributed by atoms with Crippen molar-refractivity contribution < 1.29 is 9.18 Å². The smallest absolute Gasteiger partial charge is 0.150 e. The molecule has 0 fully saturated rings. The zero-order valence-corrected chi connectivity index (χ0v) is 6.56. The van der Waals surface area contributed by atoms with Gasteiger partial charge < -0.3 is 0 Å². The fraction of sp³-hybridized carbons (Fsp3) is 0.125. The van der Waals surface area contributed by atoms with E-state index in [-0.39, 0.29) is 13.2 Å². The normalized spacial score (nSPS) is 8.55. The van der Waals surface area contributed by atoms with Gasteiger partial charge in [-0.2, -0.15) is 0 Å². The minimum absolute atomic E-state index is 0. The summed E-state index contributed by atoms with van der Waals surface area (Å²) < 4.78 is 12.8. The lowest BCUT2D eigenvalue weighted by atomic mass is 10.2. The van der Waals surface area contributed by atoms with Crippen molar-refractivity contribution in [2.45, 2.75) is 7.43 Å². The zero-order chi connectivity index (χ0) is 7.56. The molecule has 0 heterocycles. The highest BCUT2D eigenvalue weighted by Crippen LogP contribution is 2.15. The third kappa shape index (κ3) is 2.42. The predicted octanol–water partition coefficient (Wildman–Crippen LogP) is 3.04. The highest BCUT2D eigenvalue weighted by molar-refractivity contribution is 9.10. The summed E-state index contributed by atoms with van der Waals surface area (Å²) in [5.74, 6) is -0.356. The van der Waals surface area contributed by atoms with Gasteiger partial charge in [-0.1, -0.05) is 7.43 Å². The van der Waals surface area contributed by atoms with E-state index in [1.807, 2.05) is 0 Å². The highest BCUT2D eigenvalue weighted by atomic mass is 79.9. The molecular weight excluding hydrogens is 211 g/mol. The van der Waals surface area contributed by atoms with Crippen LogP contribution < -0.4 is 0 Å². The Bertz CT molecular complexity index is 260. The molecule has 0 amide bonds. The Balaban J connectivity index is 0.000001000. The number of carbonyl (C=O) groups excluding carboxylic acids is 1. The summed E-state index contributed by atoms with van der Waals surface area (Å²) in [5.41, 5.74) is 0.466. The van der Waals surface area contributed by atoms with Crippen LogP contribution in [0.3, 0.4) is 0 Å². The Morgan fingerprint density at radius 1 is 1.45 bits per heavy atom. The van der Waals surface area contributed by atoms with Crippen LogP contribution in [0.15, 0.2) is 22.7 Å². The third-order valence-corrected chi connectivity index (χ3v) is 1.69. The van der Waals surface area contributed by atoms with E-state index in [9.17, 15) is 9.18 Å². The standard InChI is InChI=1S/C7H4BrFO.CH4/c8-6-3-5(4-10)1-2-7(6)9;/h1-4H;1H4. The molecular formula is C8H8BrFO. The predicted molar refractivity (Wildman–Crippen MR) is 46.2 cm³/mol. The summed E-state index contributed by atoms with van der Waals surface area (Å²) in [6, 6.07) is 4.10. The molecule has 0 saturated carbocycles. The van der Waals surface area contributed by atoms with E-state index in [1.165, 1.54) is 18.2 Å². The molecule has 0 aromatic heterocycles. The van der Waals surface area contributed by atoms with Crippen molar-refractivity contribution in [2.75, 3.05) is 0 Å². The van der Waals surface area contributed by atoms with E-state index >= 15 is 0 Å². The first-order chi connectivity index (χ1) is 4.74. The van der Waals surface area contributed by atoms with Gasteiger partial charge in [0.1, 0.15) is 12.1 Å². The van der Waals surface area contributed by atoms with Gasteiger partial charge in [0.15, 0.2) is 0 Å². The summed E-state index contributed by atoms with van der Waals surface area (Å²) in [4.78, 5) is 10.1. The number of hydrogen-bond donors (Lipinski definition) is 0. The Morgan fingerprint density at radius 2 is 2.09 bits per heavy atom. The Morgan fingerprint density at radius 3 is 2.55 bits per heavy atom. The van der Waals surface area contributed by atoms with Gasteiger partial charge in [0.25, 0.3) is 0 Å². The number of hydrogen-bond acceptors (Lipinski definition) is 1. The van der Waals surface area contributed by atoms with E-state index in [0.29, 0.717) is 16.3 Å². The summed E-state index contributed by atoms with van der Waals surface area (Å²) in [6.07, 6.45) is 0.671. The largest absolute Gasteiger partial charge is 0.298 e. The van der Waals surface area contributed by atoms with Crippen LogP contribution >= 0.6 is 15.9 Å². The van der Waals surface area contributed by atoms with E-state index < -0.39 is 0 Å². The van der Waals surface area contributed by atoms with Gasteiger partial charge in [-0.05, 0) is 34.1 Å². The van der Waals surface area contributed by atoms with Gasteiger partial charge in [-0.15, -0.1) is 0 Å². The van der Waals surface area contributed by atoms with E-state index in [4.69, 9.17) is 0 Å².